The molecule has 5 rings (SSSR count). The van der Waals surface area contributed by atoms with E-state index in [0.717, 1.165) is 0 Å². The SMILES string of the molecule is CCOC(=O)C1CCN(C2C3=CC(OC3=O)C3C(CC4(C)OC4C2O)OC(=O)C3C)CC1. The minimum absolute atomic E-state index is 0.175. The Morgan fingerprint density at radius 2 is 2.00 bits per heavy atom. The normalized spacial score (nSPS) is 44.1. The van der Waals surface area contributed by atoms with E-state index in [0.29, 0.717) is 44.5 Å². The Morgan fingerprint density at radius 3 is 2.69 bits per heavy atom. The molecule has 0 amide bonds. The second kappa shape index (κ2) is 7.81. The number of esters is 3. The Labute approximate surface area is 187 Å². The molecule has 4 heterocycles. The Kier molecular flexibility index (Phi) is 5.34. The second-order valence-corrected chi connectivity index (χ2v) is 9.89. The molecule has 5 aliphatic rings. The third-order valence-electron chi connectivity index (χ3n) is 7.89. The van der Waals surface area contributed by atoms with E-state index in [4.69, 9.17) is 18.9 Å². The molecule has 8 atom stereocenters. The summed E-state index contributed by atoms with van der Waals surface area (Å²) in [7, 11) is 0. The van der Waals surface area contributed by atoms with E-state index < -0.39 is 47.9 Å². The summed E-state index contributed by atoms with van der Waals surface area (Å²) in [4.78, 5) is 39.4. The van der Waals surface area contributed by atoms with Crippen molar-refractivity contribution in [3.63, 3.8) is 0 Å². The Balaban J connectivity index is 1.43. The van der Waals surface area contributed by atoms with Crippen LogP contribution in [0, 0.1) is 17.8 Å². The third-order valence-corrected chi connectivity index (χ3v) is 7.89. The summed E-state index contributed by atoms with van der Waals surface area (Å²) in [6, 6.07) is -0.590. The van der Waals surface area contributed by atoms with Crippen molar-refractivity contribution >= 4 is 17.9 Å². The summed E-state index contributed by atoms with van der Waals surface area (Å²) < 4.78 is 22.5. The lowest BCUT2D eigenvalue weighted by atomic mass is 9.79. The summed E-state index contributed by atoms with van der Waals surface area (Å²) in [5.41, 5.74) is -0.226. The first-order valence-corrected chi connectivity index (χ1v) is 11.6. The number of carbonyl (C=O) groups is 3. The van der Waals surface area contributed by atoms with Crippen LogP contribution in [0.15, 0.2) is 11.6 Å². The zero-order valence-electron chi connectivity index (χ0n) is 18.7. The fourth-order valence-electron chi connectivity index (χ4n) is 6.05. The van der Waals surface area contributed by atoms with E-state index in [1.807, 2.05) is 6.92 Å². The van der Waals surface area contributed by atoms with Gasteiger partial charge in [0.15, 0.2) is 0 Å². The predicted molar refractivity (Wildman–Crippen MR) is 109 cm³/mol. The van der Waals surface area contributed by atoms with Gasteiger partial charge in [0.05, 0.1) is 35.7 Å². The minimum atomic E-state index is -0.942. The summed E-state index contributed by atoms with van der Waals surface area (Å²) in [6.45, 7) is 6.96. The molecule has 8 unspecified atom stereocenters. The molecule has 32 heavy (non-hydrogen) atoms. The highest BCUT2D eigenvalue weighted by Crippen LogP contribution is 2.50. The molecule has 0 radical (unpaired) electrons. The van der Waals surface area contributed by atoms with E-state index in [2.05, 4.69) is 4.90 Å². The molecule has 9 nitrogen and oxygen atoms in total. The third kappa shape index (κ3) is 3.45. The number of likely N-dealkylation sites (tertiary alicyclic amines) is 1. The van der Waals surface area contributed by atoms with Crippen molar-refractivity contribution in [2.45, 2.75) is 76.1 Å². The molecule has 0 aromatic carbocycles. The van der Waals surface area contributed by atoms with Gasteiger partial charge in [-0.25, -0.2) is 4.79 Å². The van der Waals surface area contributed by atoms with E-state index in [1.54, 1.807) is 19.9 Å². The number of nitrogens with zero attached hydrogens (tertiary/aromatic N) is 1. The van der Waals surface area contributed by atoms with Crippen LogP contribution in [-0.4, -0.2) is 83.7 Å². The van der Waals surface area contributed by atoms with Crippen molar-refractivity contribution in [1.82, 2.24) is 4.90 Å². The van der Waals surface area contributed by atoms with Crippen molar-refractivity contribution < 1.29 is 38.4 Å². The molecule has 0 saturated carbocycles. The van der Waals surface area contributed by atoms with Crippen LogP contribution in [0.2, 0.25) is 0 Å². The molecular formula is C23H31NO8. The van der Waals surface area contributed by atoms with E-state index in [1.165, 1.54) is 0 Å². The van der Waals surface area contributed by atoms with Gasteiger partial charge < -0.3 is 24.1 Å². The van der Waals surface area contributed by atoms with Crippen LogP contribution in [0.3, 0.4) is 0 Å². The number of ether oxygens (including phenoxy) is 4. The fourth-order valence-corrected chi connectivity index (χ4v) is 6.05. The Bertz CT molecular complexity index is 849. The van der Waals surface area contributed by atoms with Crippen LogP contribution < -0.4 is 0 Å². The highest BCUT2D eigenvalue weighted by atomic mass is 16.6. The molecule has 176 valence electrons. The van der Waals surface area contributed by atoms with Gasteiger partial charge in [0.25, 0.3) is 0 Å². The van der Waals surface area contributed by atoms with Crippen molar-refractivity contribution in [1.29, 1.82) is 0 Å². The Hall–Kier alpha value is -1.97. The summed E-state index contributed by atoms with van der Waals surface area (Å²) in [6.07, 6.45) is 0.999. The number of piperidine rings is 1. The van der Waals surface area contributed by atoms with Gasteiger partial charge in [-0.2, -0.15) is 0 Å². The average molecular weight is 450 g/mol. The molecule has 9 heteroatoms. The fraction of sp³-hybridized carbons (Fsp3) is 0.783. The van der Waals surface area contributed by atoms with Crippen LogP contribution in [-0.2, 0) is 33.3 Å². The van der Waals surface area contributed by atoms with Crippen molar-refractivity contribution in [2.75, 3.05) is 19.7 Å². The van der Waals surface area contributed by atoms with Gasteiger partial charge in [-0.3, -0.25) is 14.5 Å². The molecule has 4 aliphatic heterocycles. The maximum atomic E-state index is 13.0. The molecule has 0 spiro atoms. The molecule has 2 bridgehead atoms. The van der Waals surface area contributed by atoms with E-state index in [9.17, 15) is 19.5 Å². The number of carbonyl (C=O) groups excluding carboxylic acids is 3. The van der Waals surface area contributed by atoms with Crippen LogP contribution in [0.4, 0.5) is 0 Å². The molecule has 3 fully saturated rings. The van der Waals surface area contributed by atoms with Gasteiger partial charge in [0.2, 0.25) is 0 Å². The Morgan fingerprint density at radius 1 is 1.28 bits per heavy atom. The molecule has 1 aliphatic carbocycles. The van der Waals surface area contributed by atoms with E-state index >= 15 is 0 Å². The highest BCUT2D eigenvalue weighted by Gasteiger charge is 2.64. The monoisotopic (exact) mass is 449 g/mol. The number of hydrogen-bond donors (Lipinski definition) is 1. The van der Waals surface area contributed by atoms with Gasteiger partial charge in [-0.1, -0.05) is 6.92 Å². The van der Waals surface area contributed by atoms with Crippen molar-refractivity contribution in [3.05, 3.63) is 11.6 Å². The van der Waals surface area contributed by atoms with Gasteiger partial charge in [-0.15, -0.1) is 0 Å². The molecular weight excluding hydrogens is 418 g/mol. The topological polar surface area (TPSA) is 115 Å². The summed E-state index contributed by atoms with van der Waals surface area (Å²) in [5, 5.41) is 11.3. The average Bonchev–Trinajstić information content (AvgIpc) is 3.16. The maximum absolute atomic E-state index is 13.0. The first-order chi connectivity index (χ1) is 15.2. The van der Waals surface area contributed by atoms with Crippen LogP contribution >= 0.6 is 0 Å². The number of aliphatic hydroxyl groups excluding tert-OH is 1. The zero-order valence-corrected chi connectivity index (χ0v) is 18.7. The molecule has 1 N–H and O–H groups in total. The van der Waals surface area contributed by atoms with Crippen molar-refractivity contribution in [3.8, 4) is 0 Å². The first-order valence-electron chi connectivity index (χ1n) is 11.6. The number of aliphatic hydroxyl groups is 1. The quantitative estimate of drug-likeness (QED) is 0.375. The molecule has 0 aromatic heterocycles. The zero-order chi connectivity index (χ0) is 22.8. The van der Waals surface area contributed by atoms with Gasteiger partial charge in [0, 0.05) is 12.3 Å². The van der Waals surface area contributed by atoms with Crippen LogP contribution in [0.5, 0.6) is 0 Å². The lowest BCUT2D eigenvalue weighted by Gasteiger charge is -2.39. The molecule has 0 aromatic rings. The van der Waals surface area contributed by atoms with Gasteiger partial charge >= 0.3 is 17.9 Å². The van der Waals surface area contributed by atoms with Gasteiger partial charge in [0.1, 0.15) is 24.4 Å². The van der Waals surface area contributed by atoms with Crippen molar-refractivity contribution in [2.24, 2.45) is 17.8 Å². The molecule has 3 saturated heterocycles. The highest BCUT2D eigenvalue weighted by molar-refractivity contribution is 5.92. The van der Waals surface area contributed by atoms with E-state index in [-0.39, 0.29) is 23.8 Å². The maximum Gasteiger partial charge on any atom is 0.336 e. The summed E-state index contributed by atoms with van der Waals surface area (Å²) in [5.74, 6) is -1.81. The summed E-state index contributed by atoms with van der Waals surface area (Å²) >= 11 is 0. The predicted octanol–water partition coefficient (Wildman–Crippen LogP) is 0.582. The smallest absolute Gasteiger partial charge is 0.336 e. The lowest BCUT2D eigenvalue weighted by molar-refractivity contribution is -0.150. The number of epoxide rings is 1. The first kappa shape index (κ1) is 21.9. The number of fused-ring (bicyclic) bond motifs is 4. The second-order valence-electron chi connectivity index (χ2n) is 9.89. The van der Waals surface area contributed by atoms with Crippen LogP contribution in [0.25, 0.3) is 0 Å². The van der Waals surface area contributed by atoms with Gasteiger partial charge in [-0.05, 0) is 45.9 Å². The standard InChI is InChI=1S/C23H31NO8/c1-4-29-21(27)12-5-7-24(8-6-12)17-13-9-14(30-22(13)28)16-11(2)20(26)31-15(16)10-23(3)19(32-23)18(17)25/h9,11-12,14-19,25H,4-8,10H2,1-3H3. The minimum Gasteiger partial charge on any atom is -0.466 e. The van der Waals surface area contributed by atoms with Crippen LogP contribution in [0.1, 0.15) is 40.0 Å². The number of rotatable bonds is 3. The largest absolute Gasteiger partial charge is 0.466 e. The number of hydrogen-bond acceptors (Lipinski definition) is 9. The lowest BCUT2D eigenvalue weighted by Crippen LogP contribution is -2.52.